The zero-order valence-electron chi connectivity index (χ0n) is 19.2. The number of ether oxygens (including phenoxy) is 2. The van der Waals surface area contributed by atoms with Gasteiger partial charge in [0.15, 0.2) is 0 Å². The Morgan fingerprint density at radius 2 is 1.62 bits per heavy atom. The first kappa shape index (κ1) is 24.3. The third kappa shape index (κ3) is 5.17. The molecule has 2 fully saturated rings. The van der Waals surface area contributed by atoms with Crippen molar-refractivity contribution in [2.75, 3.05) is 38.5 Å². The number of methoxy groups -OCH3 is 2. The summed E-state index contributed by atoms with van der Waals surface area (Å²) < 4.78 is 36.4. The molecule has 2 aliphatic rings. The minimum absolute atomic E-state index is 0.00670. The Morgan fingerprint density at radius 1 is 1.06 bits per heavy atom. The van der Waals surface area contributed by atoms with E-state index in [9.17, 15) is 18.0 Å². The van der Waals surface area contributed by atoms with Crippen molar-refractivity contribution in [1.29, 1.82) is 0 Å². The summed E-state index contributed by atoms with van der Waals surface area (Å²) in [5, 5.41) is 3.10. The fraction of sp³-hybridized carbons (Fsp3) is 0.636. The summed E-state index contributed by atoms with van der Waals surface area (Å²) in [5.74, 6) is 0.0665. The van der Waals surface area contributed by atoms with E-state index in [2.05, 4.69) is 5.32 Å². The Morgan fingerprint density at radius 3 is 2.12 bits per heavy atom. The molecular weight excluding hydrogens is 434 g/mol. The highest BCUT2D eigenvalue weighted by atomic mass is 32.2. The zero-order valence-corrected chi connectivity index (χ0v) is 20.0. The van der Waals surface area contributed by atoms with Crippen LogP contribution in [0.15, 0.2) is 18.2 Å². The SMILES string of the molecule is COc1cc(OC)cc(N2C(=O)CN(S(C)(=O)=O)C[C@@]2(C)C(=O)NC2CCCCCC2)c1. The number of hydrogen-bond acceptors (Lipinski definition) is 6. The van der Waals surface area contributed by atoms with Crippen LogP contribution in [0.4, 0.5) is 5.69 Å². The van der Waals surface area contributed by atoms with Gasteiger partial charge in [0.25, 0.3) is 0 Å². The van der Waals surface area contributed by atoms with Crippen molar-refractivity contribution in [1.82, 2.24) is 9.62 Å². The van der Waals surface area contributed by atoms with Gasteiger partial charge in [0.1, 0.15) is 17.0 Å². The monoisotopic (exact) mass is 467 g/mol. The molecule has 1 saturated heterocycles. The third-order valence-electron chi connectivity index (χ3n) is 6.28. The summed E-state index contributed by atoms with van der Waals surface area (Å²) in [4.78, 5) is 28.3. The minimum atomic E-state index is -3.68. The molecular formula is C22H33N3O6S. The highest BCUT2D eigenvalue weighted by Gasteiger charge is 2.50. The highest BCUT2D eigenvalue weighted by Crippen LogP contribution is 2.36. The number of anilines is 1. The zero-order chi connectivity index (χ0) is 23.5. The van der Waals surface area contributed by atoms with Crippen molar-refractivity contribution in [2.45, 2.75) is 57.0 Å². The molecule has 0 radical (unpaired) electrons. The van der Waals surface area contributed by atoms with Gasteiger partial charge in [-0.15, -0.1) is 0 Å². The molecule has 178 valence electrons. The van der Waals surface area contributed by atoms with Gasteiger partial charge in [0.2, 0.25) is 21.8 Å². The molecule has 1 heterocycles. The van der Waals surface area contributed by atoms with Crippen LogP contribution in [0.25, 0.3) is 0 Å². The maximum Gasteiger partial charge on any atom is 0.247 e. The lowest BCUT2D eigenvalue weighted by molar-refractivity contribution is -0.133. The molecule has 1 saturated carbocycles. The molecule has 1 aromatic rings. The van der Waals surface area contributed by atoms with E-state index >= 15 is 0 Å². The minimum Gasteiger partial charge on any atom is -0.497 e. The molecule has 1 aliphatic carbocycles. The Labute approximate surface area is 190 Å². The van der Waals surface area contributed by atoms with E-state index in [4.69, 9.17) is 9.47 Å². The summed E-state index contributed by atoms with van der Waals surface area (Å²) in [7, 11) is -0.677. The van der Waals surface area contributed by atoms with Gasteiger partial charge in [-0.25, -0.2) is 8.42 Å². The van der Waals surface area contributed by atoms with Gasteiger partial charge in [-0.2, -0.15) is 4.31 Å². The molecule has 1 atom stereocenters. The number of amides is 2. The second kappa shape index (κ2) is 9.66. The molecule has 1 N–H and O–H groups in total. The van der Waals surface area contributed by atoms with Crippen molar-refractivity contribution in [3.8, 4) is 11.5 Å². The van der Waals surface area contributed by atoms with Gasteiger partial charge in [-0.1, -0.05) is 25.7 Å². The lowest BCUT2D eigenvalue weighted by Gasteiger charge is -2.47. The topological polar surface area (TPSA) is 105 Å². The van der Waals surface area contributed by atoms with E-state index in [1.807, 2.05) is 0 Å². The standard InChI is InChI=1S/C22H33N3O6S/c1-22(21(27)23-16-9-7-5-6-8-10-16)15-24(32(4,28)29)14-20(26)25(22)17-11-18(30-2)13-19(12-17)31-3/h11-13,16H,5-10,14-15H2,1-4H3,(H,23,27)/t22-/m0/s1. The van der Waals surface area contributed by atoms with Crippen molar-refractivity contribution in [3.63, 3.8) is 0 Å². The normalized spacial score (nSPS) is 23.5. The maximum absolute atomic E-state index is 13.6. The van der Waals surface area contributed by atoms with Crippen LogP contribution < -0.4 is 19.7 Å². The van der Waals surface area contributed by atoms with Crippen LogP contribution in [0.2, 0.25) is 0 Å². The van der Waals surface area contributed by atoms with Crippen LogP contribution in [0.5, 0.6) is 11.5 Å². The fourth-order valence-electron chi connectivity index (χ4n) is 4.49. The number of hydrogen-bond donors (Lipinski definition) is 1. The van der Waals surface area contributed by atoms with Gasteiger partial charge in [0, 0.05) is 30.8 Å². The number of benzene rings is 1. The Balaban J connectivity index is 2.03. The van der Waals surface area contributed by atoms with Crippen LogP contribution in [0.1, 0.15) is 45.4 Å². The number of carbonyl (C=O) groups is 2. The highest BCUT2D eigenvalue weighted by molar-refractivity contribution is 7.88. The first-order valence-electron chi connectivity index (χ1n) is 10.9. The molecule has 1 aliphatic heterocycles. The summed E-state index contributed by atoms with van der Waals surface area (Å²) in [6.07, 6.45) is 7.14. The van der Waals surface area contributed by atoms with Crippen LogP contribution in [-0.4, -0.2) is 69.7 Å². The maximum atomic E-state index is 13.6. The Hall–Kier alpha value is -2.33. The Bertz CT molecular complexity index is 936. The number of nitrogens with zero attached hydrogens (tertiary/aromatic N) is 2. The van der Waals surface area contributed by atoms with Crippen molar-refractivity contribution >= 4 is 27.5 Å². The molecule has 0 unspecified atom stereocenters. The van der Waals surface area contributed by atoms with Crippen LogP contribution in [0.3, 0.4) is 0 Å². The van der Waals surface area contributed by atoms with Crippen molar-refractivity contribution in [2.24, 2.45) is 0 Å². The lowest BCUT2D eigenvalue weighted by Crippen LogP contribution is -2.70. The van der Waals surface area contributed by atoms with Crippen molar-refractivity contribution in [3.05, 3.63) is 18.2 Å². The van der Waals surface area contributed by atoms with Gasteiger partial charge >= 0.3 is 0 Å². The van der Waals surface area contributed by atoms with Gasteiger partial charge < -0.3 is 14.8 Å². The van der Waals surface area contributed by atoms with E-state index in [1.165, 1.54) is 19.1 Å². The molecule has 0 spiro atoms. The first-order valence-corrected chi connectivity index (χ1v) is 12.8. The van der Waals surface area contributed by atoms with Crippen LogP contribution >= 0.6 is 0 Å². The van der Waals surface area contributed by atoms with Gasteiger partial charge in [-0.05, 0) is 19.8 Å². The van der Waals surface area contributed by atoms with E-state index in [0.29, 0.717) is 17.2 Å². The van der Waals surface area contributed by atoms with Gasteiger partial charge in [-0.3, -0.25) is 14.5 Å². The van der Waals surface area contributed by atoms with E-state index in [1.54, 1.807) is 25.1 Å². The first-order chi connectivity index (χ1) is 15.1. The second-order valence-electron chi connectivity index (χ2n) is 8.77. The molecule has 2 amide bonds. The number of nitrogens with one attached hydrogen (secondary N) is 1. The van der Waals surface area contributed by atoms with Crippen LogP contribution in [0, 0.1) is 0 Å². The molecule has 1 aromatic carbocycles. The Kier molecular flexibility index (Phi) is 7.34. The fourth-order valence-corrected chi connectivity index (χ4v) is 5.32. The van der Waals surface area contributed by atoms with Crippen LogP contribution in [-0.2, 0) is 19.6 Å². The van der Waals surface area contributed by atoms with Crippen molar-refractivity contribution < 1.29 is 27.5 Å². The predicted molar refractivity (Wildman–Crippen MR) is 121 cm³/mol. The molecule has 0 bridgehead atoms. The number of piperazine rings is 1. The molecule has 9 nitrogen and oxygen atoms in total. The average Bonchev–Trinajstić information content (AvgIpc) is 3.00. The summed E-state index contributed by atoms with van der Waals surface area (Å²) >= 11 is 0. The predicted octanol–water partition coefficient (Wildman–Crippen LogP) is 1.91. The largest absolute Gasteiger partial charge is 0.497 e. The van der Waals surface area contributed by atoms with Gasteiger partial charge in [0.05, 0.1) is 32.7 Å². The summed E-state index contributed by atoms with van der Waals surface area (Å²) in [5.41, 5.74) is -1.03. The average molecular weight is 468 g/mol. The second-order valence-corrected chi connectivity index (χ2v) is 10.7. The number of sulfonamides is 1. The van der Waals surface area contributed by atoms with E-state index < -0.39 is 21.5 Å². The molecule has 10 heteroatoms. The molecule has 0 aromatic heterocycles. The molecule has 32 heavy (non-hydrogen) atoms. The molecule has 3 rings (SSSR count). The van der Waals surface area contributed by atoms with E-state index in [0.717, 1.165) is 49.1 Å². The third-order valence-corrected chi connectivity index (χ3v) is 7.48. The quantitative estimate of drug-likeness (QED) is 0.641. The number of carbonyl (C=O) groups excluding carboxylic acids is 2. The summed E-state index contributed by atoms with van der Waals surface area (Å²) in [6, 6.07) is 4.97. The lowest BCUT2D eigenvalue weighted by atomic mass is 9.93. The summed E-state index contributed by atoms with van der Waals surface area (Å²) in [6.45, 7) is 1.13. The number of rotatable bonds is 6. The smallest absolute Gasteiger partial charge is 0.247 e. The van der Waals surface area contributed by atoms with E-state index in [-0.39, 0.29) is 25.0 Å².